The lowest BCUT2D eigenvalue weighted by Gasteiger charge is -2.10. The van der Waals surface area contributed by atoms with Gasteiger partial charge in [0, 0.05) is 16.3 Å². The largest absolute Gasteiger partial charge is 0.322 e. The second-order valence-corrected chi connectivity index (χ2v) is 6.41. The molecule has 0 saturated heterocycles. The van der Waals surface area contributed by atoms with E-state index in [9.17, 15) is 4.79 Å². The van der Waals surface area contributed by atoms with E-state index >= 15 is 0 Å². The highest BCUT2D eigenvalue weighted by Crippen LogP contribution is 2.23. The molecule has 0 aliphatic heterocycles. The summed E-state index contributed by atoms with van der Waals surface area (Å²) >= 11 is 1.62. The first-order chi connectivity index (χ1) is 11.2. The number of rotatable bonds is 8. The van der Waals surface area contributed by atoms with Crippen LogP contribution in [0.4, 0.5) is 5.69 Å². The van der Waals surface area contributed by atoms with Crippen LogP contribution in [0, 0.1) is 0 Å². The minimum absolute atomic E-state index is 0.0709. The monoisotopic (exact) mass is 325 g/mol. The molecule has 2 aromatic rings. The molecule has 0 fully saturated rings. The number of amides is 1. The highest BCUT2D eigenvalue weighted by molar-refractivity contribution is 7.99. The van der Waals surface area contributed by atoms with Gasteiger partial charge in [0.2, 0.25) is 0 Å². The summed E-state index contributed by atoms with van der Waals surface area (Å²) in [5.74, 6) is 0.717. The fourth-order valence-corrected chi connectivity index (χ4v) is 3.05. The Hall–Kier alpha value is -2.00. The van der Waals surface area contributed by atoms with Crippen LogP contribution in [0.3, 0.4) is 0 Å². The van der Waals surface area contributed by atoms with Gasteiger partial charge in [0.05, 0.1) is 5.56 Å². The minimum Gasteiger partial charge on any atom is -0.322 e. The summed E-state index contributed by atoms with van der Waals surface area (Å²) in [6.45, 7) is 5.92. The van der Waals surface area contributed by atoms with Gasteiger partial charge in [-0.2, -0.15) is 0 Å². The standard InChI is InChI=1S/C20H23NOS/c1-3-5-8-16-11-13-17(14-12-16)21-20(22)18-9-6-7-10-19(18)23-15-4-2/h4,6-7,9-14H,2-3,5,8,15H2,1H3,(H,21,22). The third-order valence-electron chi connectivity index (χ3n) is 3.52. The Morgan fingerprint density at radius 1 is 1.17 bits per heavy atom. The first-order valence-electron chi connectivity index (χ1n) is 7.97. The summed E-state index contributed by atoms with van der Waals surface area (Å²) in [4.78, 5) is 13.5. The fraction of sp³-hybridized carbons (Fsp3) is 0.250. The number of thioether (sulfide) groups is 1. The third-order valence-corrected chi connectivity index (χ3v) is 4.59. The number of hydrogen-bond acceptors (Lipinski definition) is 2. The van der Waals surface area contributed by atoms with Crippen LogP contribution in [0.1, 0.15) is 35.7 Å². The Bertz CT molecular complexity index is 649. The lowest BCUT2D eigenvalue weighted by molar-refractivity contribution is 0.102. The number of nitrogens with one attached hydrogen (secondary N) is 1. The number of carbonyl (C=O) groups excluding carboxylic acids is 1. The highest BCUT2D eigenvalue weighted by atomic mass is 32.2. The summed E-state index contributed by atoms with van der Waals surface area (Å²) in [7, 11) is 0. The van der Waals surface area contributed by atoms with Gasteiger partial charge in [-0.05, 0) is 42.7 Å². The van der Waals surface area contributed by atoms with Crippen LogP contribution in [0.15, 0.2) is 66.1 Å². The van der Waals surface area contributed by atoms with Crippen LogP contribution >= 0.6 is 11.8 Å². The van der Waals surface area contributed by atoms with Crippen molar-refractivity contribution >= 4 is 23.4 Å². The molecular weight excluding hydrogens is 302 g/mol. The molecule has 0 aromatic heterocycles. The normalized spacial score (nSPS) is 10.3. The number of hydrogen-bond donors (Lipinski definition) is 1. The van der Waals surface area contributed by atoms with E-state index in [1.165, 1.54) is 18.4 Å². The number of unbranched alkanes of at least 4 members (excludes halogenated alkanes) is 1. The molecule has 1 N–H and O–H groups in total. The molecule has 0 radical (unpaired) electrons. The fourth-order valence-electron chi connectivity index (χ4n) is 2.26. The van der Waals surface area contributed by atoms with E-state index in [4.69, 9.17) is 0 Å². The van der Waals surface area contributed by atoms with Crippen molar-refractivity contribution in [2.45, 2.75) is 31.1 Å². The molecule has 0 spiro atoms. The number of anilines is 1. The molecule has 0 bridgehead atoms. The van der Waals surface area contributed by atoms with Crippen molar-refractivity contribution in [3.05, 3.63) is 72.3 Å². The van der Waals surface area contributed by atoms with E-state index in [2.05, 4.69) is 31.0 Å². The van der Waals surface area contributed by atoms with Crippen LogP contribution in [0.5, 0.6) is 0 Å². The molecule has 2 nitrogen and oxygen atoms in total. The third kappa shape index (κ3) is 5.29. The molecule has 1 amide bonds. The zero-order valence-electron chi connectivity index (χ0n) is 13.5. The van der Waals surface area contributed by atoms with Crippen molar-refractivity contribution in [2.24, 2.45) is 0 Å². The number of carbonyl (C=O) groups is 1. The van der Waals surface area contributed by atoms with Gasteiger partial charge in [0.1, 0.15) is 0 Å². The Morgan fingerprint density at radius 3 is 2.61 bits per heavy atom. The Morgan fingerprint density at radius 2 is 1.91 bits per heavy atom. The maximum absolute atomic E-state index is 12.5. The molecule has 120 valence electrons. The molecule has 3 heteroatoms. The van der Waals surface area contributed by atoms with E-state index < -0.39 is 0 Å². The van der Waals surface area contributed by atoms with E-state index in [1.807, 2.05) is 42.5 Å². The first-order valence-corrected chi connectivity index (χ1v) is 8.96. The second-order valence-electron chi connectivity index (χ2n) is 5.35. The SMILES string of the molecule is C=CCSc1ccccc1C(=O)Nc1ccc(CCCC)cc1. The molecule has 23 heavy (non-hydrogen) atoms. The molecule has 2 rings (SSSR count). The molecule has 0 unspecified atom stereocenters. The van der Waals surface area contributed by atoms with Gasteiger partial charge >= 0.3 is 0 Å². The van der Waals surface area contributed by atoms with E-state index in [0.29, 0.717) is 5.56 Å². The molecule has 0 aliphatic carbocycles. The van der Waals surface area contributed by atoms with E-state index in [1.54, 1.807) is 11.8 Å². The predicted molar refractivity (Wildman–Crippen MR) is 100 cm³/mol. The summed E-state index contributed by atoms with van der Waals surface area (Å²) in [5, 5.41) is 2.98. The molecule has 0 saturated carbocycles. The highest BCUT2D eigenvalue weighted by Gasteiger charge is 2.11. The Balaban J connectivity index is 2.05. The van der Waals surface area contributed by atoms with Gasteiger partial charge in [0.15, 0.2) is 0 Å². The smallest absolute Gasteiger partial charge is 0.256 e. The van der Waals surface area contributed by atoms with Crippen LogP contribution in [0.25, 0.3) is 0 Å². The van der Waals surface area contributed by atoms with Gasteiger partial charge in [-0.25, -0.2) is 0 Å². The molecule has 0 heterocycles. The topological polar surface area (TPSA) is 29.1 Å². The lowest BCUT2D eigenvalue weighted by Crippen LogP contribution is -2.13. The molecular formula is C20H23NOS. The average Bonchev–Trinajstić information content (AvgIpc) is 2.59. The number of aryl methyl sites for hydroxylation is 1. The summed E-state index contributed by atoms with van der Waals surface area (Å²) < 4.78 is 0. The summed E-state index contributed by atoms with van der Waals surface area (Å²) in [5.41, 5.74) is 2.85. The van der Waals surface area contributed by atoms with Crippen molar-refractivity contribution in [1.82, 2.24) is 0 Å². The zero-order valence-corrected chi connectivity index (χ0v) is 14.4. The summed E-state index contributed by atoms with van der Waals surface area (Å²) in [6, 6.07) is 15.8. The number of benzene rings is 2. The van der Waals surface area contributed by atoms with Crippen molar-refractivity contribution in [3.63, 3.8) is 0 Å². The first kappa shape index (κ1) is 17.4. The molecule has 0 atom stereocenters. The average molecular weight is 325 g/mol. The van der Waals surface area contributed by atoms with Gasteiger partial charge in [-0.3, -0.25) is 4.79 Å². The van der Waals surface area contributed by atoms with Crippen molar-refractivity contribution < 1.29 is 4.79 Å². The maximum Gasteiger partial charge on any atom is 0.256 e. The predicted octanol–water partition coefficient (Wildman–Crippen LogP) is 5.56. The van der Waals surface area contributed by atoms with Crippen LogP contribution in [-0.2, 0) is 6.42 Å². The van der Waals surface area contributed by atoms with E-state index in [-0.39, 0.29) is 5.91 Å². The van der Waals surface area contributed by atoms with Gasteiger partial charge < -0.3 is 5.32 Å². The van der Waals surface area contributed by atoms with Crippen LogP contribution in [-0.4, -0.2) is 11.7 Å². The molecule has 0 aliphatic rings. The quantitative estimate of drug-likeness (QED) is 0.508. The Labute approximate surface area is 143 Å². The van der Waals surface area contributed by atoms with Gasteiger partial charge in [-0.1, -0.05) is 43.7 Å². The van der Waals surface area contributed by atoms with Gasteiger partial charge in [0.25, 0.3) is 5.91 Å². The minimum atomic E-state index is -0.0709. The van der Waals surface area contributed by atoms with Crippen molar-refractivity contribution in [3.8, 4) is 0 Å². The second kappa shape index (κ2) is 9.21. The van der Waals surface area contributed by atoms with Crippen molar-refractivity contribution in [1.29, 1.82) is 0 Å². The van der Waals surface area contributed by atoms with Crippen molar-refractivity contribution in [2.75, 3.05) is 11.1 Å². The maximum atomic E-state index is 12.5. The lowest BCUT2D eigenvalue weighted by atomic mass is 10.1. The van der Waals surface area contributed by atoms with Crippen LogP contribution < -0.4 is 5.32 Å². The van der Waals surface area contributed by atoms with Crippen LogP contribution in [0.2, 0.25) is 0 Å². The van der Waals surface area contributed by atoms with Gasteiger partial charge in [-0.15, -0.1) is 18.3 Å². The van der Waals surface area contributed by atoms with E-state index in [0.717, 1.165) is 22.8 Å². The molecule has 2 aromatic carbocycles. The Kier molecular flexibility index (Phi) is 6.95. The summed E-state index contributed by atoms with van der Waals surface area (Å²) in [6.07, 6.45) is 5.32. The zero-order chi connectivity index (χ0) is 16.5.